The van der Waals surface area contributed by atoms with Crippen molar-refractivity contribution >= 4 is 21.8 Å². The Hall–Kier alpha value is -2.85. The van der Waals surface area contributed by atoms with E-state index < -0.39 is 34.1 Å². The largest absolute Gasteiger partial charge is 0.497 e. The zero-order valence-corrected chi connectivity index (χ0v) is 20.6. The second-order valence-electron chi connectivity index (χ2n) is 8.64. The number of nitrogens with one attached hydrogen (secondary N) is 2. The third-order valence-electron chi connectivity index (χ3n) is 4.75. The fourth-order valence-electron chi connectivity index (χ4n) is 3.19. The van der Waals surface area contributed by atoms with Gasteiger partial charge in [0.15, 0.2) is 0 Å². The van der Waals surface area contributed by atoms with E-state index in [9.17, 15) is 18.0 Å². The van der Waals surface area contributed by atoms with Crippen molar-refractivity contribution in [3.63, 3.8) is 0 Å². The monoisotopic (exact) mass is 479 g/mol. The van der Waals surface area contributed by atoms with E-state index in [-0.39, 0.29) is 17.3 Å². The van der Waals surface area contributed by atoms with Gasteiger partial charge in [-0.1, -0.05) is 13.3 Å². The summed E-state index contributed by atoms with van der Waals surface area (Å²) in [5, 5.41) is 2.91. The highest BCUT2D eigenvalue weighted by atomic mass is 32.2. The third-order valence-corrected chi connectivity index (χ3v) is 6.17. The van der Waals surface area contributed by atoms with Gasteiger partial charge in [-0.25, -0.2) is 13.1 Å². The van der Waals surface area contributed by atoms with Gasteiger partial charge in [0.2, 0.25) is 21.8 Å². The van der Waals surface area contributed by atoms with E-state index in [4.69, 9.17) is 9.15 Å². The Morgan fingerprint density at radius 2 is 1.82 bits per heavy atom. The molecule has 1 unspecified atom stereocenters. The van der Waals surface area contributed by atoms with Crippen molar-refractivity contribution < 1.29 is 27.2 Å². The summed E-state index contributed by atoms with van der Waals surface area (Å²) in [7, 11) is -2.46. The Morgan fingerprint density at radius 3 is 2.33 bits per heavy atom. The summed E-state index contributed by atoms with van der Waals surface area (Å²) in [5.41, 5.74) is -0.488. The van der Waals surface area contributed by atoms with Crippen molar-refractivity contribution in [3.8, 4) is 5.75 Å². The van der Waals surface area contributed by atoms with E-state index >= 15 is 0 Å². The second kappa shape index (κ2) is 11.3. The molecule has 0 spiro atoms. The fraction of sp³-hybridized carbons (Fsp3) is 0.478. The first kappa shape index (κ1) is 26.4. The lowest BCUT2D eigenvalue weighted by Gasteiger charge is -2.33. The number of methoxy groups -OCH3 is 1. The normalized spacial score (nSPS) is 12.8. The van der Waals surface area contributed by atoms with Gasteiger partial charge in [-0.2, -0.15) is 0 Å². The van der Waals surface area contributed by atoms with E-state index in [2.05, 4.69) is 10.0 Å². The summed E-state index contributed by atoms with van der Waals surface area (Å²) < 4.78 is 38.1. The Kier molecular flexibility index (Phi) is 9.07. The van der Waals surface area contributed by atoms with Crippen LogP contribution in [0.15, 0.2) is 52.0 Å². The standard InChI is InChI=1S/C23H33N3O6S/c1-6-8-20(22(28)25-23(2,3)4)26(16-18-9-7-14-32-18)21(27)15-24-33(29,30)19-12-10-17(31-5)11-13-19/h7,9-14,20,24H,6,8,15-16H2,1-5H3,(H,25,28). The van der Waals surface area contributed by atoms with Crippen LogP contribution >= 0.6 is 0 Å². The average Bonchev–Trinajstić information content (AvgIpc) is 3.26. The first-order chi connectivity index (χ1) is 15.5. The van der Waals surface area contributed by atoms with Gasteiger partial charge in [-0.15, -0.1) is 0 Å². The van der Waals surface area contributed by atoms with E-state index in [0.717, 1.165) is 0 Å². The number of rotatable bonds is 11. The molecule has 2 amide bonds. The van der Waals surface area contributed by atoms with Gasteiger partial charge in [0.25, 0.3) is 0 Å². The van der Waals surface area contributed by atoms with E-state index in [1.807, 2.05) is 27.7 Å². The minimum Gasteiger partial charge on any atom is -0.497 e. The number of benzene rings is 1. The molecule has 1 atom stereocenters. The predicted molar refractivity (Wildman–Crippen MR) is 124 cm³/mol. The van der Waals surface area contributed by atoms with Gasteiger partial charge < -0.3 is 19.4 Å². The van der Waals surface area contributed by atoms with E-state index in [1.165, 1.54) is 42.5 Å². The van der Waals surface area contributed by atoms with Crippen LogP contribution in [0.2, 0.25) is 0 Å². The summed E-state index contributed by atoms with van der Waals surface area (Å²) in [6, 6.07) is 8.44. The quantitative estimate of drug-likeness (QED) is 0.512. The molecular weight excluding hydrogens is 446 g/mol. The van der Waals surface area contributed by atoms with Crippen LogP contribution < -0.4 is 14.8 Å². The van der Waals surface area contributed by atoms with Gasteiger partial charge in [-0.3, -0.25) is 9.59 Å². The van der Waals surface area contributed by atoms with Gasteiger partial charge in [0.05, 0.1) is 31.4 Å². The van der Waals surface area contributed by atoms with Crippen LogP contribution in [0.3, 0.4) is 0 Å². The van der Waals surface area contributed by atoms with Crippen molar-refractivity contribution in [1.82, 2.24) is 14.9 Å². The number of amides is 2. The number of hydrogen-bond donors (Lipinski definition) is 2. The van der Waals surface area contributed by atoms with E-state index in [1.54, 1.807) is 12.1 Å². The van der Waals surface area contributed by atoms with Crippen molar-refractivity contribution in [2.24, 2.45) is 0 Å². The molecule has 1 aromatic heterocycles. The Balaban J connectivity index is 2.23. The molecular formula is C23H33N3O6S. The van der Waals surface area contributed by atoms with Gasteiger partial charge >= 0.3 is 0 Å². The van der Waals surface area contributed by atoms with Crippen LogP contribution in [0.1, 0.15) is 46.3 Å². The Bertz CT molecular complexity index is 1010. The molecule has 0 fully saturated rings. The SMILES string of the molecule is CCCC(C(=O)NC(C)(C)C)N(Cc1ccco1)C(=O)CNS(=O)(=O)c1ccc(OC)cc1. The summed E-state index contributed by atoms with van der Waals surface area (Å²) in [6.07, 6.45) is 2.55. The number of ether oxygens (including phenoxy) is 1. The molecule has 182 valence electrons. The molecule has 0 aliphatic heterocycles. The molecule has 1 heterocycles. The molecule has 33 heavy (non-hydrogen) atoms. The van der Waals surface area contributed by atoms with Crippen LogP contribution in [0.25, 0.3) is 0 Å². The predicted octanol–water partition coefficient (Wildman–Crippen LogP) is 2.68. The highest BCUT2D eigenvalue weighted by molar-refractivity contribution is 7.89. The topological polar surface area (TPSA) is 118 Å². The highest BCUT2D eigenvalue weighted by Gasteiger charge is 2.32. The number of nitrogens with zero attached hydrogens (tertiary/aromatic N) is 1. The first-order valence-corrected chi connectivity index (χ1v) is 12.2. The third kappa shape index (κ3) is 7.90. The van der Waals surface area contributed by atoms with Gasteiger partial charge in [0.1, 0.15) is 17.6 Å². The second-order valence-corrected chi connectivity index (χ2v) is 10.4. The molecule has 2 aromatic rings. The highest BCUT2D eigenvalue weighted by Crippen LogP contribution is 2.17. The number of furan rings is 1. The summed E-state index contributed by atoms with van der Waals surface area (Å²) in [4.78, 5) is 27.6. The molecule has 2 rings (SSSR count). The van der Waals surface area contributed by atoms with Crippen molar-refractivity contribution in [3.05, 3.63) is 48.4 Å². The zero-order chi connectivity index (χ0) is 24.6. The number of carbonyl (C=O) groups is 2. The number of hydrogen-bond acceptors (Lipinski definition) is 6. The molecule has 0 radical (unpaired) electrons. The van der Waals surface area contributed by atoms with Crippen molar-refractivity contribution in [2.45, 2.75) is 63.6 Å². The molecule has 0 saturated carbocycles. The van der Waals surface area contributed by atoms with E-state index in [0.29, 0.717) is 24.4 Å². The molecule has 2 N–H and O–H groups in total. The Labute approximate surface area is 195 Å². The molecule has 0 saturated heterocycles. The van der Waals surface area contributed by atoms with Crippen LogP contribution in [-0.2, 0) is 26.2 Å². The smallest absolute Gasteiger partial charge is 0.243 e. The summed E-state index contributed by atoms with van der Waals surface area (Å²) in [5.74, 6) is 0.168. The maximum absolute atomic E-state index is 13.2. The summed E-state index contributed by atoms with van der Waals surface area (Å²) >= 11 is 0. The first-order valence-electron chi connectivity index (χ1n) is 10.7. The fourth-order valence-corrected chi connectivity index (χ4v) is 4.17. The molecule has 0 aliphatic rings. The number of sulfonamides is 1. The minimum atomic E-state index is -3.94. The molecule has 1 aromatic carbocycles. The minimum absolute atomic E-state index is 0.00395. The van der Waals surface area contributed by atoms with Crippen LogP contribution in [0, 0.1) is 0 Å². The van der Waals surface area contributed by atoms with Crippen LogP contribution in [0.4, 0.5) is 0 Å². The lowest BCUT2D eigenvalue weighted by Crippen LogP contribution is -2.55. The zero-order valence-electron chi connectivity index (χ0n) is 19.8. The average molecular weight is 480 g/mol. The van der Waals surface area contributed by atoms with Crippen LogP contribution in [-0.4, -0.2) is 50.4 Å². The molecule has 10 heteroatoms. The lowest BCUT2D eigenvalue weighted by molar-refractivity contribution is -0.141. The molecule has 0 bridgehead atoms. The van der Waals surface area contributed by atoms with Crippen molar-refractivity contribution in [1.29, 1.82) is 0 Å². The maximum Gasteiger partial charge on any atom is 0.243 e. The summed E-state index contributed by atoms with van der Waals surface area (Å²) in [6.45, 7) is 7.02. The van der Waals surface area contributed by atoms with Crippen molar-refractivity contribution in [2.75, 3.05) is 13.7 Å². The van der Waals surface area contributed by atoms with Crippen LogP contribution in [0.5, 0.6) is 5.75 Å². The van der Waals surface area contributed by atoms with Gasteiger partial charge in [0, 0.05) is 5.54 Å². The lowest BCUT2D eigenvalue weighted by atomic mass is 10.0. The molecule has 9 nitrogen and oxygen atoms in total. The van der Waals surface area contributed by atoms with Gasteiger partial charge in [-0.05, 0) is 63.6 Å². The maximum atomic E-state index is 13.2. The Morgan fingerprint density at radius 1 is 1.15 bits per heavy atom. The number of carbonyl (C=O) groups excluding carboxylic acids is 2. The molecule has 0 aliphatic carbocycles.